The predicted molar refractivity (Wildman–Crippen MR) is 97.6 cm³/mol. The van der Waals surface area contributed by atoms with Gasteiger partial charge in [-0.3, -0.25) is 9.48 Å². The molecule has 1 N–H and O–H groups in total. The van der Waals surface area contributed by atoms with Crippen LogP contribution in [0.4, 0.5) is 5.82 Å². The Morgan fingerprint density at radius 3 is 3.00 bits per heavy atom. The molecule has 8 nitrogen and oxygen atoms in total. The van der Waals surface area contributed by atoms with E-state index in [0.29, 0.717) is 32.5 Å². The lowest BCUT2D eigenvalue weighted by Gasteiger charge is -2.29. The van der Waals surface area contributed by atoms with Crippen molar-refractivity contribution in [3.05, 3.63) is 36.5 Å². The molecule has 2 aromatic heterocycles. The Bertz CT molecular complexity index is 735. The number of anilines is 1. The molecule has 1 fully saturated rings. The number of aromatic nitrogens is 4. The van der Waals surface area contributed by atoms with Gasteiger partial charge in [0.2, 0.25) is 5.91 Å². The highest BCUT2D eigenvalue weighted by atomic mass is 16.3. The number of amides is 1. The van der Waals surface area contributed by atoms with Gasteiger partial charge in [-0.15, -0.1) is 0 Å². The number of carbonyl (C=O) groups is 1. The third-order valence-electron chi connectivity index (χ3n) is 4.74. The first kappa shape index (κ1) is 18.3. The number of hydrogen-bond donors (Lipinski definition) is 1. The Kier molecular flexibility index (Phi) is 5.51. The molecule has 8 heteroatoms. The van der Waals surface area contributed by atoms with Crippen molar-refractivity contribution in [3.63, 3.8) is 0 Å². The number of carbonyl (C=O) groups excluding carboxylic acids is 1. The molecule has 3 heterocycles. The second-order valence-electron chi connectivity index (χ2n) is 7.04. The molecule has 1 saturated heterocycles. The van der Waals surface area contributed by atoms with Crippen LogP contribution in [0.25, 0.3) is 0 Å². The number of likely N-dealkylation sites (N-methyl/N-ethyl adjacent to an activating group) is 1. The molecule has 1 atom stereocenters. The van der Waals surface area contributed by atoms with Gasteiger partial charge in [0.05, 0.1) is 6.54 Å². The van der Waals surface area contributed by atoms with Crippen molar-refractivity contribution >= 4 is 11.7 Å². The summed E-state index contributed by atoms with van der Waals surface area (Å²) in [6.07, 6.45) is 6.95. The molecule has 140 valence electrons. The third kappa shape index (κ3) is 4.57. The van der Waals surface area contributed by atoms with Crippen LogP contribution in [0, 0.1) is 6.92 Å². The minimum Gasteiger partial charge on any atom is -0.386 e. The molecule has 0 unspecified atom stereocenters. The Morgan fingerprint density at radius 2 is 2.27 bits per heavy atom. The molecule has 26 heavy (non-hydrogen) atoms. The Morgan fingerprint density at radius 1 is 1.42 bits per heavy atom. The molecule has 2 aromatic rings. The maximum absolute atomic E-state index is 12.3. The summed E-state index contributed by atoms with van der Waals surface area (Å²) in [5, 5.41) is 15.0. The van der Waals surface area contributed by atoms with Crippen LogP contribution in [-0.2, 0) is 11.3 Å². The normalized spacial score (nSPS) is 19.7. The molecule has 0 radical (unpaired) electrons. The van der Waals surface area contributed by atoms with Gasteiger partial charge in [0.15, 0.2) is 0 Å². The van der Waals surface area contributed by atoms with Gasteiger partial charge in [0, 0.05) is 57.3 Å². The summed E-state index contributed by atoms with van der Waals surface area (Å²) in [6.45, 7) is 4.15. The van der Waals surface area contributed by atoms with E-state index in [-0.39, 0.29) is 5.91 Å². The summed E-state index contributed by atoms with van der Waals surface area (Å²) in [6, 6.07) is 3.78. The number of β-amino-alcohol motifs (C(OH)–C–C–N with tert-alkyl or cyclic N) is 1. The van der Waals surface area contributed by atoms with E-state index < -0.39 is 5.60 Å². The average Bonchev–Trinajstić information content (AvgIpc) is 3.25. The van der Waals surface area contributed by atoms with Crippen molar-refractivity contribution < 1.29 is 9.90 Å². The first-order valence-corrected chi connectivity index (χ1v) is 8.93. The number of hydrogen-bond acceptors (Lipinski definition) is 6. The monoisotopic (exact) mass is 358 g/mol. The summed E-state index contributed by atoms with van der Waals surface area (Å²) in [5.41, 5.74) is -0.0134. The van der Waals surface area contributed by atoms with Crippen LogP contribution >= 0.6 is 0 Å². The van der Waals surface area contributed by atoms with E-state index in [9.17, 15) is 9.90 Å². The summed E-state index contributed by atoms with van der Waals surface area (Å²) >= 11 is 0. The summed E-state index contributed by atoms with van der Waals surface area (Å²) in [5.74, 6) is 0.864. The van der Waals surface area contributed by atoms with E-state index >= 15 is 0 Å². The van der Waals surface area contributed by atoms with Crippen molar-refractivity contribution in [3.8, 4) is 0 Å². The molecule has 1 aliphatic rings. The van der Waals surface area contributed by atoms with Gasteiger partial charge >= 0.3 is 0 Å². The van der Waals surface area contributed by atoms with Crippen LogP contribution in [-0.4, -0.2) is 67.9 Å². The molecule has 0 saturated carbocycles. The van der Waals surface area contributed by atoms with Crippen LogP contribution in [0.5, 0.6) is 0 Å². The van der Waals surface area contributed by atoms with Crippen LogP contribution in [0.15, 0.2) is 30.9 Å². The van der Waals surface area contributed by atoms with Crippen LogP contribution in [0.2, 0.25) is 0 Å². The molecule has 0 bridgehead atoms. The first-order chi connectivity index (χ1) is 12.5. The second kappa shape index (κ2) is 7.82. The lowest BCUT2D eigenvalue weighted by atomic mass is 10.0. The van der Waals surface area contributed by atoms with Crippen LogP contribution < -0.4 is 4.90 Å². The molecular formula is C18H26N6O2. The Balaban J connectivity index is 1.48. The molecule has 0 aliphatic carbocycles. The quantitative estimate of drug-likeness (QED) is 0.790. The van der Waals surface area contributed by atoms with E-state index in [1.807, 2.05) is 34.8 Å². The van der Waals surface area contributed by atoms with E-state index in [2.05, 4.69) is 15.1 Å². The fourth-order valence-electron chi connectivity index (χ4n) is 3.34. The highest BCUT2D eigenvalue weighted by Gasteiger charge is 2.38. The zero-order chi connectivity index (χ0) is 18.6. The standard InChI is InChI=1S/C18H26N6O2/c1-15-11-16(20-14-19-15)23-10-6-18(26,13-23)12-22(2)17(25)5-3-8-24-9-4-7-21-24/h4,7,9,11,14,26H,3,5-6,8,10,12-13H2,1-2H3/t18-/m1/s1. The first-order valence-electron chi connectivity index (χ1n) is 8.93. The number of rotatable bonds is 7. The number of aliphatic hydroxyl groups is 1. The summed E-state index contributed by atoms with van der Waals surface area (Å²) in [4.78, 5) is 24.4. The van der Waals surface area contributed by atoms with E-state index in [4.69, 9.17) is 0 Å². The van der Waals surface area contributed by atoms with Gasteiger partial charge in [-0.25, -0.2) is 9.97 Å². The van der Waals surface area contributed by atoms with E-state index in [1.165, 1.54) is 6.33 Å². The van der Waals surface area contributed by atoms with Crippen molar-refractivity contribution in [2.24, 2.45) is 0 Å². The minimum absolute atomic E-state index is 0.0434. The largest absolute Gasteiger partial charge is 0.386 e. The zero-order valence-corrected chi connectivity index (χ0v) is 15.4. The van der Waals surface area contributed by atoms with Gasteiger partial charge < -0.3 is 14.9 Å². The molecule has 0 aromatic carbocycles. The average molecular weight is 358 g/mol. The maximum atomic E-state index is 12.3. The Labute approximate surface area is 153 Å². The topological polar surface area (TPSA) is 87.4 Å². The fraction of sp³-hybridized carbons (Fsp3) is 0.556. The minimum atomic E-state index is -0.911. The predicted octanol–water partition coefficient (Wildman–Crippen LogP) is 0.862. The number of nitrogens with zero attached hydrogens (tertiary/aromatic N) is 6. The van der Waals surface area contributed by atoms with Crippen molar-refractivity contribution in [1.29, 1.82) is 0 Å². The molecular weight excluding hydrogens is 332 g/mol. The van der Waals surface area contributed by atoms with Gasteiger partial charge in [0.25, 0.3) is 0 Å². The van der Waals surface area contributed by atoms with E-state index in [0.717, 1.165) is 24.5 Å². The van der Waals surface area contributed by atoms with Crippen molar-refractivity contribution in [2.45, 2.75) is 38.3 Å². The van der Waals surface area contributed by atoms with E-state index in [1.54, 1.807) is 18.1 Å². The lowest BCUT2D eigenvalue weighted by Crippen LogP contribution is -2.45. The summed E-state index contributed by atoms with van der Waals surface area (Å²) in [7, 11) is 1.76. The second-order valence-corrected chi connectivity index (χ2v) is 7.04. The molecule has 3 rings (SSSR count). The van der Waals surface area contributed by atoms with Gasteiger partial charge in [-0.05, 0) is 25.8 Å². The lowest BCUT2D eigenvalue weighted by molar-refractivity contribution is -0.133. The third-order valence-corrected chi connectivity index (χ3v) is 4.74. The molecule has 1 amide bonds. The van der Waals surface area contributed by atoms with Gasteiger partial charge in [-0.2, -0.15) is 5.10 Å². The zero-order valence-electron chi connectivity index (χ0n) is 15.4. The van der Waals surface area contributed by atoms with Crippen molar-refractivity contribution in [1.82, 2.24) is 24.6 Å². The van der Waals surface area contributed by atoms with Gasteiger partial charge in [0.1, 0.15) is 17.7 Å². The smallest absolute Gasteiger partial charge is 0.222 e. The Hall–Kier alpha value is -2.48. The molecule has 0 spiro atoms. The van der Waals surface area contributed by atoms with Crippen LogP contribution in [0.3, 0.4) is 0 Å². The highest BCUT2D eigenvalue weighted by Crippen LogP contribution is 2.26. The van der Waals surface area contributed by atoms with Crippen molar-refractivity contribution in [2.75, 3.05) is 31.6 Å². The molecule has 1 aliphatic heterocycles. The van der Waals surface area contributed by atoms with Gasteiger partial charge in [-0.1, -0.05) is 0 Å². The van der Waals surface area contributed by atoms with Crippen LogP contribution in [0.1, 0.15) is 25.0 Å². The highest BCUT2D eigenvalue weighted by molar-refractivity contribution is 5.75. The maximum Gasteiger partial charge on any atom is 0.222 e. The summed E-state index contributed by atoms with van der Waals surface area (Å²) < 4.78 is 1.82. The number of aryl methyl sites for hydroxylation is 2. The SMILES string of the molecule is Cc1cc(N2CC[C@@](O)(CN(C)C(=O)CCCn3cccn3)C2)ncn1. The fourth-order valence-corrected chi connectivity index (χ4v) is 3.34.